The van der Waals surface area contributed by atoms with Gasteiger partial charge in [0.05, 0.1) is 5.69 Å². The van der Waals surface area contributed by atoms with Crippen molar-refractivity contribution in [3.05, 3.63) is 94.3 Å². The normalized spacial score (nSPS) is 13.3. The number of carbonyl (C=O) groups is 1. The number of ketones is 1. The summed E-state index contributed by atoms with van der Waals surface area (Å²) in [5.41, 5.74) is 8.31. The van der Waals surface area contributed by atoms with E-state index in [9.17, 15) is 9.90 Å². The molecule has 4 nitrogen and oxygen atoms in total. The van der Waals surface area contributed by atoms with Crippen LogP contribution in [0, 0.1) is 22.8 Å². The van der Waals surface area contributed by atoms with E-state index < -0.39 is 0 Å². The van der Waals surface area contributed by atoms with Crippen molar-refractivity contribution < 1.29 is 30.0 Å². The number of aromatic nitrogens is 2. The summed E-state index contributed by atoms with van der Waals surface area (Å²) in [6.45, 7) is 23.5. The third kappa shape index (κ3) is 8.71. The standard InChI is InChI=1S/C32H31N2S.C15H28O2.Ir/c1-19(2)16-21-12-14-34-30-24(21)10-11-27-28(30)25-13-15-33-29(31(25)35-27)22-17-20-8-6-7-9-23(20)26(18-22)32(3,4)5;1-7-14(5,8-2)12(16)11-13(17)15(6,9-3)10-4;/h6-9,12-15,18-19H,10-11,16H2,1-5H3;11,16H,7-10H2,1-6H3;/q-1;;/b;12-11-;. The Hall–Kier alpha value is -3.18. The molecule has 0 saturated carbocycles. The van der Waals surface area contributed by atoms with Crippen molar-refractivity contribution in [2.45, 2.75) is 127 Å². The van der Waals surface area contributed by atoms with Crippen molar-refractivity contribution in [1.29, 1.82) is 0 Å². The van der Waals surface area contributed by atoms with E-state index in [0.717, 1.165) is 61.6 Å². The van der Waals surface area contributed by atoms with E-state index in [1.807, 2.05) is 65.3 Å². The molecule has 3 heterocycles. The van der Waals surface area contributed by atoms with Crippen LogP contribution in [0.2, 0.25) is 0 Å². The Morgan fingerprint density at radius 3 is 2.11 bits per heavy atom. The Morgan fingerprint density at radius 2 is 1.49 bits per heavy atom. The van der Waals surface area contributed by atoms with E-state index in [4.69, 9.17) is 9.97 Å². The first-order valence-corrected chi connectivity index (χ1v) is 20.2. The molecule has 1 aliphatic carbocycles. The summed E-state index contributed by atoms with van der Waals surface area (Å²) in [5, 5.41) is 13.8. The fourth-order valence-corrected chi connectivity index (χ4v) is 8.56. The Bertz CT molecular complexity index is 2090. The molecule has 5 aromatic rings. The minimum Gasteiger partial charge on any atom is -0.512 e. The zero-order valence-electron chi connectivity index (χ0n) is 33.8. The molecule has 1 N–H and O–H groups in total. The SMILES string of the molecule is CC(C)Cc1ccnc2c1CCc1sc3c(-c4[c-]c5ccccc5c(C(C)(C)C)c4)nccc3c1-2.CCC(C)(CC)C(=O)/C=C(\O)C(C)(CC)CC.[Ir]. The summed E-state index contributed by atoms with van der Waals surface area (Å²) in [6.07, 6.45) is 12.0. The number of thiophene rings is 1. The van der Waals surface area contributed by atoms with Crippen LogP contribution in [-0.2, 0) is 49.6 Å². The molecule has 0 aliphatic heterocycles. The molecule has 53 heavy (non-hydrogen) atoms. The maximum Gasteiger partial charge on any atom is 0.164 e. The predicted molar refractivity (Wildman–Crippen MR) is 222 cm³/mol. The van der Waals surface area contributed by atoms with E-state index in [-0.39, 0.29) is 47.9 Å². The largest absolute Gasteiger partial charge is 0.512 e. The zero-order valence-corrected chi connectivity index (χ0v) is 37.0. The number of benzene rings is 2. The molecule has 0 saturated heterocycles. The van der Waals surface area contributed by atoms with Gasteiger partial charge in [0, 0.05) is 70.2 Å². The second-order valence-electron chi connectivity index (χ2n) is 16.7. The summed E-state index contributed by atoms with van der Waals surface area (Å²) >= 11 is 1.90. The van der Waals surface area contributed by atoms with E-state index in [1.54, 1.807) is 0 Å². The average Bonchev–Trinajstić information content (AvgIpc) is 3.53. The summed E-state index contributed by atoms with van der Waals surface area (Å²) in [6, 6.07) is 19.0. The minimum atomic E-state index is -0.337. The predicted octanol–water partition coefficient (Wildman–Crippen LogP) is 13.2. The molecule has 3 aromatic heterocycles. The minimum absolute atomic E-state index is 0. The topological polar surface area (TPSA) is 63.1 Å². The van der Waals surface area contributed by atoms with Crippen LogP contribution in [0.15, 0.2) is 66.7 Å². The van der Waals surface area contributed by atoms with Crippen molar-refractivity contribution >= 4 is 38.0 Å². The molecule has 0 fully saturated rings. The van der Waals surface area contributed by atoms with Crippen LogP contribution >= 0.6 is 11.3 Å². The molecular weight excluding hydrogens is 849 g/mol. The van der Waals surface area contributed by atoms with Gasteiger partial charge in [0.1, 0.15) is 5.76 Å². The maximum atomic E-state index is 12.2. The third-order valence-corrected chi connectivity index (χ3v) is 13.0. The molecule has 6 heteroatoms. The molecule has 0 spiro atoms. The van der Waals surface area contributed by atoms with Crippen LogP contribution in [-0.4, -0.2) is 20.9 Å². The van der Waals surface area contributed by atoms with Gasteiger partial charge >= 0.3 is 0 Å². The number of carbonyl (C=O) groups excluding carboxylic acids is 1. The van der Waals surface area contributed by atoms with Gasteiger partial charge in [-0.3, -0.25) is 14.8 Å². The fourth-order valence-electron chi connectivity index (χ4n) is 7.26. The van der Waals surface area contributed by atoms with Crippen molar-refractivity contribution in [1.82, 2.24) is 9.97 Å². The maximum absolute atomic E-state index is 12.2. The number of hydrogen-bond donors (Lipinski definition) is 1. The van der Waals surface area contributed by atoms with E-state index in [0.29, 0.717) is 5.92 Å². The Balaban J connectivity index is 0.000000299. The molecule has 1 aliphatic rings. The van der Waals surface area contributed by atoms with Crippen LogP contribution in [0.25, 0.3) is 43.4 Å². The molecule has 0 atom stereocenters. The van der Waals surface area contributed by atoms with Crippen LogP contribution in [0.1, 0.15) is 123 Å². The van der Waals surface area contributed by atoms with Gasteiger partial charge < -0.3 is 5.11 Å². The van der Waals surface area contributed by atoms with Gasteiger partial charge in [0.15, 0.2) is 5.78 Å². The Labute approximate surface area is 336 Å². The number of allylic oxidation sites excluding steroid dienone is 2. The van der Waals surface area contributed by atoms with Crippen LogP contribution in [0.5, 0.6) is 0 Å². The van der Waals surface area contributed by atoms with Gasteiger partial charge in [-0.05, 0) is 84.9 Å². The van der Waals surface area contributed by atoms with Crippen molar-refractivity contribution in [3.8, 4) is 22.5 Å². The van der Waals surface area contributed by atoms with Crippen LogP contribution < -0.4 is 0 Å². The van der Waals surface area contributed by atoms with Crippen LogP contribution in [0.4, 0.5) is 0 Å². The van der Waals surface area contributed by atoms with Gasteiger partial charge in [-0.25, -0.2) is 0 Å². The van der Waals surface area contributed by atoms with Crippen LogP contribution in [0.3, 0.4) is 0 Å². The average molecular weight is 908 g/mol. The third-order valence-electron chi connectivity index (χ3n) is 11.7. The number of aliphatic hydroxyl groups is 1. The van der Waals surface area contributed by atoms with E-state index in [2.05, 4.69) is 83.1 Å². The van der Waals surface area contributed by atoms with E-state index >= 15 is 0 Å². The van der Waals surface area contributed by atoms with Gasteiger partial charge in [-0.15, -0.1) is 40.5 Å². The Kier molecular flexibility index (Phi) is 13.7. The second-order valence-corrected chi connectivity index (χ2v) is 17.8. The number of nitrogens with zero attached hydrogens (tertiary/aromatic N) is 2. The Morgan fingerprint density at radius 1 is 0.868 bits per heavy atom. The molecule has 285 valence electrons. The molecule has 0 amide bonds. The molecular formula is C47H59IrN2O2S-. The van der Waals surface area contributed by atoms with Crippen molar-refractivity contribution in [2.75, 3.05) is 0 Å². The quantitative estimate of drug-likeness (QED) is 0.0861. The number of hydrogen-bond acceptors (Lipinski definition) is 5. The van der Waals surface area contributed by atoms with Gasteiger partial charge in [0.25, 0.3) is 0 Å². The monoisotopic (exact) mass is 908 g/mol. The first kappa shape index (κ1) is 42.6. The number of fused-ring (bicyclic) bond motifs is 6. The first-order valence-electron chi connectivity index (χ1n) is 19.4. The number of aryl methyl sites for hydroxylation is 1. The molecule has 1 radical (unpaired) electrons. The number of pyridine rings is 2. The van der Waals surface area contributed by atoms with E-state index in [1.165, 1.54) is 54.4 Å². The van der Waals surface area contributed by atoms with Gasteiger partial charge in [-0.2, -0.15) is 0 Å². The second kappa shape index (κ2) is 17.1. The fraction of sp³-hybridized carbons (Fsp3) is 0.468. The summed E-state index contributed by atoms with van der Waals surface area (Å²) in [5.74, 6) is 0.923. The molecule has 0 bridgehead atoms. The molecule has 2 aromatic carbocycles. The molecule has 0 unspecified atom stereocenters. The molecule has 6 rings (SSSR count). The number of rotatable bonds is 10. The van der Waals surface area contributed by atoms with Crippen molar-refractivity contribution in [2.24, 2.45) is 16.7 Å². The number of aliphatic hydroxyl groups excluding tert-OH is 1. The summed E-state index contributed by atoms with van der Waals surface area (Å²) in [4.78, 5) is 23.5. The summed E-state index contributed by atoms with van der Waals surface area (Å²) in [7, 11) is 0. The first-order chi connectivity index (χ1) is 24.6. The van der Waals surface area contributed by atoms with Crippen molar-refractivity contribution in [3.63, 3.8) is 0 Å². The van der Waals surface area contributed by atoms with Gasteiger partial charge in [-0.1, -0.05) is 105 Å². The zero-order chi connectivity index (χ0) is 38.0. The smallest absolute Gasteiger partial charge is 0.164 e. The van der Waals surface area contributed by atoms with Gasteiger partial charge in [0.2, 0.25) is 0 Å². The summed E-state index contributed by atoms with van der Waals surface area (Å²) < 4.78 is 1.26.